The molecule has 5 N–H and O–H groups in total. The first-order valence-corrected chi connectivity index (χ1v) is 13.6. The number of carbonyl (C=O) groups is 1. The predicted molar refractivity (Wildman–Crippen MR) is 129 cm³/mol. The fourth-order valence-electron chi connectivity index (χ4n) is 3.46. The Bertz CT molecular complexity index is 1140. The molecule has 1 aliphatic rings. The first-order valence-electron chi connectivity index (χ1n) is 11.0. The van der Waals surface area contributed by atoms with E-state index in [9.17, 15) is 24.7 Å². The normalized spacial score (nSPS) is 26.3. The number of nitrogens with two attached hydrogens (primary N) is 1. The second-order valence-electron chi connectivity index (χ2n) is 9.15. The highest BCUT2D eigenvalue weighted by Gasteiger charge is 2.54. The van der Waals surface area contributed by atoms with Crippen molar-refractivity contribution in [1.29, 1.82) is 0 Å². The number of rotatable bonds is 11. The Balaban J connectivity index is 1.63. The van der Waals surface area contributed by atoms with Crippen molar-refractivity contribution in [3.05, 3.63) is 12.2 Å². The molecule has 0 aliphatic carbocycles. The van der Waals surface area contributed by atoms with Crippen LogP contribution in [0.2, 0.25) is 0 Å². The first kappa shape index (κ1) is 28.9. The molecule has 5 atom stereocenters. The van der Waals surface area contributed by atoms with Crippen LogP contribution in [0.1, 0.15) is 32.8 Å². The lowest BCUT2D eigenvalue weighted by molar-refractivity contribution is -0.119. The molecular weight excluding hydrogens is 517 g/mol. The molecule has 3 rings (SSSR count). The van der Waals surface area contributed by atoms with Gasteiger partial charge in [0.2, 0.25) is 5.88 Å². The largest absolute Gasteiger partial charge is 0.479 e. The molecule has 0 saturated carbocycles. The molecular formula is C20H32N5O9PS. The summed E-state index contributed by atoms with van der Waals surface area (Å²) in [7, 11) is -2.62. The van der Waals surface area contributed by atoms with Crippen molar-refractivity contribution in [2.75, 3.05) is 32.7 Å². The number of hydrogen-bond acceptors (Lipinski definition) is 13. The van der Waals surface area contributed by atoms with Crippen molar-refractivity contribution in [2.45, 2.75) is 51.7 Å². The lowest BCUT2D eigenvalue weighted by atomic mass is 9.96. The molecule has 2 aromatic rings. The van der Waals surface area contributed by atoms with Crippen molar-refractivity contribution in [1.82, 2.24) is 19.5 Å². The van der Waals surface area contributed by atoms with Gasteiger partial charge in [-0.3, -0.25) is 18.4 Å². The van der Waals surface area contributed by atoms with Crippen LogP contribution in [0.5, 0.6) is 5.88 Å². The maximum atomic E-state index is 12.5. The minimum Gasteiger partial charge on any atom is -0.479 e. The minimum absolute atomic E-state index is 0.143. The number of aryl methyl sites for hydroxylation is 1. The summed E-state index contributed by atoms with van der Waals surface area (Å²) >= 11 is 0.913. The molecule has 1 fully saturated rings. The van der Waals surface area contributed by atoms with Crippen molar-refractivity contribution in [3.63, 3.8) is 0 Å². The maximum Gasteiger partial charge on any atom is 0.402 e. The highest BCUT2D eigenvalue weighted by atomic mass is 32.2. The van der Waals surface area contributed by atoms with E-state index in [0.29, 0.717) is 17.0 Å². The molecule has 2 aromatic heterocycles. The number of ether oxygens (including phenoxy) is 2. The SMILES string of the molecule is COc1nc(C)nc2c1ncn2[C@@H]1O[C@H](COP(N)(=O)OCCSC(=O)C(C)(C)CO)[C@H](O)C1(C)O. The molecule has 0 radical (unpaired) electrons. The van der Waals surface area contributed by atoms with Crippen molar-refractivity contribution in [3.8, 4) is 5.88 Å². The molecule has 1 aliphatic heterocycles. The number of nitrogens with zero attached hydrogens (tertiary/aromatic N) is 4. The average Bonchev–Trinajstić information content (AvgIpc) is 3.32. The van der Waals surface area contributed by atoms with Crippen molar-refractivity contribution in [2.24, 2.45) is 10.9 Å². The van der Waals surface area contributed by atoms with Gasteiger partial charge in [0, 0.05) is 5.75 Å². The number of aromatic nitrogens is 4. The van der Waals surface area contributed by atoms with Crippen LogP contribution in [0.15, 0.2) is 6.33 Å². The van der Waals surface area contributed by atoms with E-state index in [4.69, 9.17) is 24.0 Å². The quantitative estimate of drug-likeness (QED) is 0.223. The molecule has 14 nitrogen and oxygen atoms in total. The van der Waals surface area contributed by atoms with Gasteiger partial charge in [-0.1, -0.05) is 11.8 Å². The number of aliphatic hydroxyl groups is 3. The van der Waals surface area contributed by atoms with Gasteiger partial charge in [-0.05, 0) is 27.7 Å². The van der Waals surface area contributed by atoms with Gasteiger partial charge in [-0.15, -0.1) is 0 Å². The minimum atomic E-state index is -4.06. The van der Waals surface area contributed by atoms with E-state index in [1.165, 1.54) is 24.9 Å². The Labute approximate surface area is 212 Å². The van der Waals surface area contributed by atoms with Gasteiger partial charge >= 0.3 is 7.75 Å². The molecule has 1 saturated heterocycles. The summed E-state index contributed by atoms with van der Waals surface area (Å²) in [6.07, 6.45) is -2.31. The van der Waals surface area contributed by atoms with Gasteiger partial charge in [-0.25, -0.2) is 20.0 Å². The summed E-state index contributed by atoms with van der Waals surface area (Å²) in [6.45, 7) is 5.34. The van der Waals surface area contributed by atoms with Gasteiger partial charge in [0.05, 0.1) is 38.7 Å². The van der Waals surface area contributed by atoms with Crippen LogP contribution in [0.3, 0.4) is 0 Å². The number of thioether (sulfide) groups is 1. The molecule has 0 bridgehead atoms. The van der Waals surface area contributed by atoms with Crippen LogP contribution in [-0.2, 0) is 23.1 Å². The summed E-state index contributed by atoms with van der Waals surface area (Å²) in [5.41, 5.74) is 3.57. The highest BCUT2D eigenvalue weighted by Crippen LogP contribution is 2.44. The number of hydrogen-bond donors (Lipinski definition) is 4. The Morgan fingerprint density at radius 3 is 2.72 bits per heavy atom. The van der Waals surface area contributed by atoms with E-state index >= 15 is 0 Å². The molecule has 0 aromatic carbocycles. The molecule has 2 unspecified atom stereocenters. The summed E-state index contributed by atoms with van der Waals surface area (Å²) in [4.78, 5) is 24.8. The molecule has 0 spiro atoms. The van der Waals surface area contributed by atoms with Gasteiger partial charge in [0.15, 0.2) is 22.5 Å². The second-order valence-corrected chi connectivity index (χ2v) is 11.8. The van der Waals surface area contributed by atoms with Gasteiger partial charge in [-0.2, -0.15) is 4.98 Å². The number of methoxy groups -OCH3 is 1. The number of aliphatic hydroxyl groups excluding tert-OH is 2. The van der Waals surface area contributed by atoms with Gasteiger partial charge < -0.3 is 24.8 Å². The van der Waals surface area contributed by atoms with Crippen LogP contribution >= 0.6 is 19.5 Å². The summed E-state index contributed by atoms with van der Waals surface area (Å²) in [5.74, 6) is 0.792. The Morgan fingerprint density at radius 1 is 1.39 bits per heavy atom. The van der Waals surface area contributed by atoms with Crippen LogP contribution in [0.4, 0.5) is 0 Å². The van der Waals surface area contributed by atoms with Crippen molar-refractivity contribution >= 4 is 35.8 Å². The van der Waals surface area contributed by atoms with Crippen molar-refractivity contribution < 1.29 is 43.2 Å². The lowest BCUT2D eigenvalue weighted by Gasteiger charge is -2.27. The third-order valence-corrected chi connectivity index (χ3v) is 7.89. The van der Waals surface area contributed by atoms with Gasteiger partial charge in [0.1, 0.15) is 23.6 Å². The summed E-state index contributed by atoms with van der Waals surface area (Å²) < 4.78 is 35.3. The van der Waals surface area contributed by atoms with E-state index in [0.717, 1.165) is 11.8 Å². The van der Waals surface area contributed by atoms with E-state index in [1.54, 1.807) is 20.8 Å². The second kappa shape index (κ2) is 11.0. The summed E-state index contributed by atoms with van der Waals surface area (Å²) in [6, 6.07) is 0. The average molecular weight is 550 g/mol. The monoisotopic (exact) mass is 549 g/mol. The third kappa shape index (κ3) is 6.06. The zero-order valence-corrected chi connectivity index (χ0v) is 22.4. The third-order valence-electron chi connectivity index (χ3n) is 5.66. The lowest BCUT2D eigenvalue weighted by Crippen LogP contribution is -2.44. The molecule has 0 amide bonds. The molecule has 3 heterocycles. The number of carbonyl (C=O) groups excluding carboxylic acids is 1. The Hall–Kier alpha value is -1.68. The maximum absolute atomic E-state index is 12.5. The van der Waals surface area contributed by atoms with Crippen LogP contribution in [-0.4, -0.2) is 90.4 Å². The fourth-order valence-corrected chi connectivity index (χ4v) is 5.17. The first-order chi connectivity index (χ1) is 16.7. The zero-order chi connectivity index (χ0) is 26.9. The topological polar surface area (TPSA) is 201 Å². The van der Waals surface area contributed by atoms with Crippen LogP contribution in [0.25, 0.3) is 11.2 Å². The van der Waals surface area contributed by atoms with Crippen LogP contribution < -0.4 is 10.2 Å². The van der Waals surface area contributed by atoms with E-state index in [1.807, 2.05) is 0 Å². The number of imidazole rings is 1. The zero-order valence-electron chi connectivity index (χ0n) is 20.7. The Morgan fingerprint density at radius 2 is 2.08 bits per heavy atom. The summed E-state index contributed by atoms with van der Waals surface area (Å²) in [5, 5.41) is 30.7. The van der Waals surface area contributed by atoms with E-state index in [-0.39, 0.29) is 30.0 Å². The highest BCUT2D eigenvalue weighted by molar-refractivity contribution is 8.13. The van der Waals surface area contributed by atoms with E-state index in [2.05, 4.69) is 15.0 Å². The number of fused-ring (bicyclic) bond motifs is 1. The molecule has 36 heavy (non-hydrogen) atoms. The Kier molecular flexibility index (Phi) is 8.80. The van der Waals surface area contributed by atoms with E-state index < -0.39 is 43.8 Å². The van der Waals surface area contributed by atoms with Crippen LogP contribution in [0, 0.1) is 12.3 Å². The molecule has 202 valence electrons. The fraction of sp³-hybridized carbons (Fsp3) is 0.700. The smallest absolute Gasteiger partial charge is 0.402 e. The standard InChI is InChI=1S/C20H32N5O9PS/c1-11-23-15-13(16(24-11)31-5)22-10-25(15)17-20(4,29)14(27)12(34-17)8-33-35(21,30)32-6-7-36-18(28)19(2,3)9-26/h10,12,14,17,26-27,29H,6-9H2,1-5H3,(H2,21,30)/t12-,14+,17-,20?,35?/m1/s1. The van der Waals surface area contributed by atoms with Gasteiger partial charge in [0.25, 0.3) is 0 Å². The predicted octanol–water partition coefficient (Wildman–Crippen LogP) is 0.531. The molecule has 16 heteroatoms.